The molecule has 1 fully saturated rings. The Bertz CT molecular complexity index is 962. The minimum absolute atomic E-state index is 0.0541. The van der Waals surface area contributed by atoms with E-state index in [1.807, 2.05) is 4.90 Å². The molecule has 162 valence electrons. The van der Waals surface area contributed by atoms with Crippen LogP contribution in [0.4, 0.5) is 14.5 Å². The number of amides is 1. The number of benzene rings is 2. The fourth-order valence-corrected chi connectivity index (χ4v) is 4.43. The van der Waals surface area contributed by atoms with E-state index < -0.39 is 21.7 Å². The number of hydrogen-bond acceptors (Lipinski definition) is 5. The van der Waals surface area contributed by atoms with Gasteiger partial charge in [0.15, 0.2) is 6.61 Å². The van der Waals surface area contributed by atoms with Crippen LogP contribution in [0.25, 0.3) is 0 Å². The SMILES string of the molecule is O=C(COc1ccc(F)cc1)NCCS(=O)(=O)N1CCN(c2ccccc2F)CC1. The summed E-state index contributed by atoms with van der Waals surface area (Å²) in [6.07, 6.45) is 0. The molecule has 1 heterocycles. The first kappa shape index (κ1) is 22.0. The molecule has 0 radical (unpaired) electrons. The lowest BCUT2D eigenvalue weighted by Gasteiger charge is -2.35. The number of carbonyl (C=O) groups is 1. The van der Waals surface area contributed by atoms with E-state index in [0.29, 0.717) is 24.5 Å². The summed E-state index contributed by atoms with van der Waals surface area (Å²) < 4.78 is 58.3. The lowest BCUT2D eigenvalue weighted by atomic mass is 10.2. The fraction of sp³-hybridized carbons (Fsp3) is 0.350. The fourth-order valence-electron chi connectivity index (χ4n) is 3.09. The van der Waals surface area contributed by atoms with Gasteiger partial charge in [-0.05, 0) is 36.4 Å². The molecular formula is C20H23F2N3O4S. The predicted molar refractivity (Wildman–Crippen MR) is 109 cm³/mol. The van der Waals surface area contributed by atoms with Crippen molar-refractivity contribution in [3.63, 3.8) is 0 Å². The average Bonchev–Trinajstić information content (AvgIpc) is 2.74. The van der Waals surface area contributed by atoms with Gasteiger partial charge in [0.25, 0.3) is 5.91 Å². The van der Waals surface area contributed by atoms with Gasteiger partial charge in [0.2, 0.25) is 10.0 Å². The van der Waals surface area contributed by atoms with Crippen LogP contribution in [0.1, 0.15) is 0 Å². The summed E-state index contributed by atoms with van der Waals surface area (Å²) in [5.41, 5.74) is 0.461. The number of piperazine rings is 1. The Morgan fingerprint density at radius 3 is 2.33 bits per heavy atom. The van der Waals surface area contributed by atoms with Crippen LogP contribution in [0.2, 0.25) is 0 Å². The van der Waals surface area contributed by atoms with E-state index in [4.69, 9.17) is 4.74 Å². The van der Waals surface area contributed by atoms with E-state index in [1.54, 1.807) is 18.2 Å². The van der Waals surface area contributed by atoms with Crippen LogP contribution in [0, 0.1) is 11.6 Å². The van der Waals surface area contributed by atoms with E-state index in [1.165, 1.54) is 34.6 Å². The number of carbonyl (C=O) groups excluding carboxylic acids is 1. The zero-order valence-electron chi connectivity index (χ0n) is 16.3. The van der Waals surface area contributed by atoms with Crippen LogP contribution in [0.15, 0.2) is 48.5 Å². The molecule has 1 N–H and O–H groups in total. The van der Waals surface area contributed by atoms with E-state index in [0.717, 1.165) is 0 Å². The Morgan fingerprint density at radius 2 is 1.67 bits per heavy atom. The van der Waals surface area contributed by atoms with E-state index >= 15 is 0 Å². The topological polar surface area (TPSA) is 78.9 Å². The Labute approximate surface area is 174 Å². The van der Waals surface area contributed by atoms with Gasteiger partial charge in [0.05, 0.1) is 11.4 Å². The first-order chi connectivity index (χ1) is 14.3. The highest BCUT2D eigenvalue weighted by molar-refractivity contribution is 7.89. The van der Waals surface area contributed by atoms with E-state index in [-0.39, 0.29) is 37.8 Å². The van der Waals surface area contributed by atoms with Crippen LogP contribution in [-0.4, -0.2) is 63.7 Å². The van der Waals surface area contributed by atoms with Gasteiger partial charge in [-0.2, -0.15) is 4.31 Å². The normalized spacial score (nSPS) is 15.1. The molecular weight excluding hydrogens is 416 g/mol. The molecule has 2 aromatic carbocycles. The second kappa shape index (κ2) is 9.86. The van der Waals surface area contributed by atoms with Gasteiger partial charge in [-0.15, -0.1) is 0 Å². The Kier molecular flexibility index (Phi) is 7.22. The van der Waals surface area contributed by atoms with Crippen molar-refractivity contribution in [2.75, 3.05) is 50.0 Å². The molecule has 30 heavy (non-hydrogen) atoms. The number of nitrogens with one attached hydrogen (secondary N) is 1. The van der Waals surface area contributed by atoms with Crippen molar-refractivity contribution in [1.29, 1.82) is 0 Å². The Balaban J connectivity index is 1.40. The molecule has 0 bridgehead atoms. The quantitative estimate of drug-likeness (QED) is 0.676. The number of hydrogen-bond donors (Lipinski definition) is 1. The van der Waals surface area contributed by atoms with E-state index in [9.17, 15) is 22.0 Å². The van der Waals surface area contributed by atoms with Crippen LogP contribution in [-0.2, 0) is 14.8 Å². The van der Waals surface area contributed by atoms with Crippen molar-refractivity contribution in [3.8, 4) is 5.75 Å². The summed E-state index contributed by atoms with van der Waals surface area (Å²) in [4.78, 5) is 13.6. The minimum atomic E-state index is -3.55. The van der Waals surface area contributed by atoms with Gasteiger partial charge < -0.3 is 15.0 Å². The second-order valence-electron chi connectivity index (χ2n) is 6.75. The van der Waals surface area contributed by atoms with Crippen molar-refractivity contribution in [3.05, 3.63) is 60.2 Å². The summed E-state index contributed by atoms with van der Waals surface area (Å²) in [5.74, 6) is -1.12. The van der Waals surface area contributed by atoms with Crippen molar-refractivity contribution in [2.45, 2.75) is 0 Å². The maximum Gasteiger partial charge on any atom is 0.257 e. The molecule has 0 saturated carbocycles. The van der Waals surface area contributed by atoms with Crippen LogP contribution >= 0.6 is 0 Å². The number of sulfonamides is 1. The predicted octanol–water partition coefficient (Wildman–Crippen LogP) is 1.61. The molecule has 2 aromatic rings. The van der Waals surface area contributed by atoms with Gasteiger partial charge in [-0.25, -0.2) is 17.2 Å². The van der Waals surface area contributed by atoms with Crippen molar-refractivity contribution in [1.82, 2.24) is 9.62 Å². The van der Waals surface area contributed by atoms with Crippen LogP contribution in [0.3, 0.4) is 0 Å². The Hall–Kier alpha value is -2.72. The second-order valence-corrected chi connectivity index (χ2v) is 8.83. The minimum Gasteiger partial charge on any atom is -0.484 e. The summed E-state index contributed by atoms with van der Waals surface area (Å²) in [6, 6.07) is 11.6. The van der Waals surface area contributed by atoms with E-state index in [2.05, 4.69) is 5.32 Å². The van der Waals surface area contributed by atoms with Crippen LogP contribution in [0.5, 0.6) is 5.75 Å². The highest BCUT2D eigenvalue weighted by atomic mass is 32.2. The molecule has 7 nitrogen and oxygen atoms in total. The number of rotatable bonds is 8. The van der Waals surface area contributed by atoms with Crippen molar-refractivity contribution < 1.29 is 26.7 Å². The van der Waals surface area contributed by atoms with Gasteiger partial charge in [0.1, 0.15) is 17.4 Å². The molecule has 1 saturated heterocycles. The standard InChI is InChI=1S/C20H23F2N3O4S/c21-16-5-7-17(8-6-16)29-15-20(26)23-9-14-30(27,28)25-12-10-24(11-13-25)19-4-2-1-3-18(19)22/h1-8H,9-15H2,(H,23,26). The number of nitrogens with zero attached hydrogens (tertiary/aromatic N) is 2. The van der Waals surface area contributed by atoms with Crippen molar-refractivity contribution >= 4 is 21.6 Å². The van der Waals surface area contributed by atoms with Gasteiger partial charge in [-0.3, -0.25) is 4.79 Å². The summed E-state index contributed by atoms with van der Waals surface area (Å²) in [7, 11) is -3.55. The number of ether oxygens (including phenoxy) is 1. The summed E-state index contributed by atoms with van der Waals surface area (Å²) >= 11 is 0. The van der Waals surface area contributed by atoms with Crippen molar-refractivity contribution in [2.24, 2.45) is 0 Å². The highest BCUT2D eigenvalue weighted by Gasteiger charge is 2.27. The molecule has 1 amide bonds. The molecule has 0 atom stereocenters. The molecule has 1 aliphatic rings. The van der Waals surface area contributed by atoms with Gasteiger partial charge in [0, 0.05) is 32.7 Å². The number of para-hydroxylation sites is 1. The maximum absolute atomic E-state index is 13.9. The third kappa shape index (κ3) is 5.90. The lowest BCUT2D eigenvalue weighted by Crippen LogP contribution is -2.50. The monoisotopic (exact) mass is 439 g/mol. The zero-order chi connectivity index (χ0) is 21.6. The molecule has 3 rings (SSSR count). The first-order valence-electron chi connectivity index (χ1n) is 9.47. The molecule has 0 aromatic heterocycles. The van der Waals surface area contributed by atoms with Gasteiger partial charge >= 0.3 is 0 Å². The largest absolute Gasteiger partial charge is 0.484 e. The molecule has 0 spiro atoms. The average molecular weight is 439 g/mol. The third-order valence-corrected chi connectivity index (χ3v) is 6.56. The smallest absolute Gasteiger partial charge is 0.257 e. The summed E-state index contributed by atoms with van der Waals surface area (Å²) in [6.45, 7) is 0.918. The number of halogens is 2. The molecule has 1 aliphatic heterocycles. The zero-order valence-corrected chi connectivity index (χ0v) is 17.1. The molecule has 10 heteroatoms. The molecule has 0 aliphatic carbocycles. The lowest BCUT2D eigenvalue weighted by molar-refractivity contribution is -0.122. The first-order valence-corrected chi connectivity index (χ1v) is 11.1. The third-order valence-electron chi connectivity index (χ3n) is 4.69. The Morgan fingerprint density at radius 1 is 1.00 bits per heavy atom. The van der Waals surface area contributed by atoms with Gasteiger partial charge in [-0.1, -0.05) is 12.1 Å². The van der Waals surface area contributed by atoms with Crippen LogP contribution < -0.4 is 15.0 Å². The maximum atomic E-state index is 13.9. The molecule has 0 unspecified atom stereocenters. The highest BCUT2D eigenvalue weighted by Crippen LogP contribution is 2.21. The summed E-state index contributed by atoms with van der Waals surface area (Å²) in [5, 5.41) is 2.50. The number of anilines is 1.